The Morgan fingerprint density at radius 1 is 1.33 bits per heavy atom. The Hall–Kier alpha value is -1.91. The molecule has 0 saturated carbocycles. The standard InChI is InChI=1S/C13H14FN3O/c1-8-5-9(2)18-13-6-12(16-17(8)13)11-4-3-10(14)7-15-11/h3-4,6-9H,5H2,1-2H3/t8-,9-/m1/s1. The molecule has 2 atom stereocenters. The third-order valence-electron chi connectivity index (χ3n) is 3.10. The molecule has 0 spiro atoms. The lowest BCUT2D eigenvalue weighted by molar-refractivity contribution is 0.127. The zero-order chi connectivity index (χ0) is 12.7. The third-order valence-corrected chi connectivity index (χ3v) is 3.10. The van der Waals surface area contributed by atoms with Crippen LogP contribution < -0.4 is 4.74 Å². The van der Waals surface area contributed by atoms with E-state index < -0.39 is 0 Å². The first-order valence-corrected chi connectivity index (χ1v) is 6.01. The van der Waals surface area contributed by atoms with Gasteiger partial charge >= 0.3 is 0 Å². The molecule has 0 unspecified atom stereocenters. The third kappa shape index (κ3) is 1.85. The van der Waals surface area contributed by atoms with E-state index in [0.717, 1.165) is 12.3 Å². The maximum Gasteiger partial charge on any atom is 0.212 e. The van der Waals surface area contributed by atoms with E-state index in [4.69, 9.17) is 4.74 Å². The molecule has 0 saturated heterocycles. The van der Waals surface area contributed by atoms with Crippen molar-refractivity contribution < 1.29 is 9.13 Å². The van der Waals surface area contributed by atoms with Gasteiger partial charge in [-0.3, -0.25) is 4.98 Å². The van der Waals surface area contributed by atoms with Gasteiger partial charge in [-0.05, 0) is 26.0 Å². The monoisotopic (exact) mass is 247 g/mol. The van der Waals surface area contributed by atoms with Crippen LogP contribution in [0.25, 0.3) is 11.4 Å². The number of halogens is 1. The average Bonchev–Trinajstić information content (AvgIpc) is 2.74. The van der Waals surface area contributed by atoms with Crippen molar-refractivity contribution in [2.75, 3.05) is 0 Å². The Bertz CT molecular complexity index is 564. The minimum Gasteiger partial charge on any atom is -0.475 e. The van der Waals surface area contributed by atoms with Crippen LogP contribution in [0.15, 0.2) is 24.4 Å². The van der Waals surface area contributed by atoms with Crippen LogP contribution in [0.4, 0.5) is 4.39 Å². The first-order chi connectivity index (χ1) is 8.63. The van der Waals surface area contributed by atoms with Crippen LogP contribution >= 0.6 is 0 Å². The quantitative estimate of drug-likeness (QED) is 0.778. The van der Waals surface area contributed by atoms with Crippen molar-refractivity contribution in [3.63, 3.8) is 0 Å². The summed E-state index contributed by atoms with van der Waals surface area (Å²) in [5, 5.41) is 4.47. The van der Waals surface area contributed by atoms with Gasteiger partial charge in [-0.1, -0.05) is 0 Å². The molecule has 1 aliphatic rings. The lowest BCUT2D eigenvalue weighted by Crippen LogP contribution is -2.26. The van der Waals surface area contributed by atoms with Crippen molar-refractivity contribution in [3.8, 4) is 17.3 Å². The SMILES string of the molecule is C[C@@H]1C[C@@H](C)n2nc(-c3ccc(F)cn3)cc2O1. The van der Waals surface area contributed by atoms with Gasteiger partial charge in [-0.2, -0.15) is 5.10 Å². The number of pyridine rings is 1. The van der Waals surface area contributed by atoms with Gasteiger partial charge in [-0.15, -0.1) is 0 Å². The molecular formula is C13H14FN3O. The number of nitrogens with zero attached hydrogens (tertiary/aromatic N) is 3. The van der Waals surface area contributed by atoms with Gasteiger partial charge in [0.25, 0.3) is 0 Å². The Morgan fingerprint density at radius 2 is 2.17 bits per heavy atom. The number of hydrogen-bond donors (Lipinski definition) is 0. The van der Waals surface area contributed by atoms with Crippen LogP contribution in [0.5, 0.6) is 5.88 Å². The Kier molecular flexibility index (Phi) is 2.54. The predicted molar refractivity (Wildman–Crippen MR) is 64.8 cm³/mol. The maximum atomic E-state index is 12.8. The van der Waals surface area contributed by atoms with E-state index in [2.05, 4.69) is 17.0 Å². The summed E-state index contributed by atoms with van der Waals surface area (Å²) in [4.78, 5) is 4.03. The molecule has 0 aliphatic carbocycles. The number of ether oxygens (including phenoxy) is 1. The highest BCUT2D eigenvalue weighted by Crippen LogP contribution is 2.31. The molecule has 4 nitrogen and oxygen atoms in total. The van der Waals surface area contributed by atoms with Crippen molar-refractivity contribution >= 4 is 0 Å². The molecular weight excluding hydrogens is 233 g/mol. The van der Waals surface area contributed by atoms with Crippen molar-refractivity contribution in [2.24, 2.45) is 0 Å². The molecule has 2 aromatic rings. The maximum absolute atomic E-state index is 12.8. The predicted octanol–water partition coefficient (Wildman–Crippen LogP) is 2.82. The molecule has 3 rings (SSSR count). The van der Waals surface area contributed by atoms with E-state index in [0.29, 0.717) is 17.4 Å². The minimum atomic E-state index is -0.346. The van der Waals surface area contributed by atoms with Gasteiger partial charge < -0.3 is 4.74 Å². The summed E-state index contributed by atoms with van der Waals surface area (Å²) < 4.78 is 20.4. The average molecular weight is 247 g/mol. The second kappa shape index (κ2) is 4.08. The highest BCUT2D eigenvalue weighted by atomic mass is 19.1. The van der Waals surface area contributed by atoms with Crippen LogP contribution in [-0.2, 0) is 0 Å². The molecule has 94 valence electrons. The fourth-order valence-corrected chi connectivity index (χ4v) is 2.27. The van der Waals surface area contributed by atoms with Crippen molar-refractivity contribution in [1.82, 2.24) is 14.8 Å². The number of rotatable bonds is 1. The van der Waals surface area contributed by atoms with Gasteiger partial charge in [0, 0.05) is 12.5 Å². The smallest absolute Gasteiger partial charge is 0.212 e. The molecule has 0 radical (unpaired) electrons. The van der Waals surface area contributed by atoms with Crippen molar-refractivity contribution in [2.45, 2.75) is 32.4 Å². The summed E-state index contributed by atoms with van der Waals surface area (Å²) in [5.41, 5.74) is 1.37. The molecule has 18 heavy (non-hydrogen) atoms. The number of fused-ring (bicyclic) bond motifs is 1. The summed E-state index contributed by atoms with van der Waals surface area (Å²) in [7, 11) is 0. The second-order valence-electron chi connectivity index (χ2n) is 4.69. The fraction of sp³-hybridized carbons (Fsp3) is 0.385. The van der Waals surface area contributed by atoms with Crippen LogP contribution in [0, 0.1) is 5.82 Å². The molecule has 0 aromatic carbocycles. The number of aromatic nitrogens is 3. The number of hydrogen-bond acceptors (Lipinski definition) is 3. The zero-order valence-electron chi connectivity index (χ0n) is 10.3. The van der Waals surface area contributed by atoms with E-state index in [1.807, 2.05) is 17.7 Å². The lowest BCUT2D eigenvalue weighted by Gasteiger charge is -2.26. The van der Waals surface area contributed by atoms with Crippen LogP contribution in [0.2, 0.25) is 0 Å². The van der Waals surface area contributed by atoms with Crippen molar-refractivity contribution in [3.05, 3.63) is 30.2 Å². The summed E-state index contributed by atoms with van der Waals surface area (Å²) in [5.74, 6) is 0.406. The molecule has 0 bridgehead atoms. The molecule has 1 aliphatic heterocycles. The van der Waals surface area contributed by atoms with Crippen LogP contribution in [-0.4, -0.2) is 20.9 Å². The molecule has 5 heteroatoms. The summed E-state index contributed by atoms with van der Waals surface area (Å²) >= 11 is 0. The molecule has 3 heterocycles. The van der Waals surface area contributed by atoms with Gasteiger partial charge in [-0.25, -0.2) is 9.07 Å². The Labute approximate surface area is 104 Å². The Morgan fingerprint density at radius 3 is 2.89 bits per heavy atom. The van der Waals surface area contributed by atoms with E-state index in [-0.39, 0.29) is 11.9 Å². The van der Waals surface area contributed by atoms with E-state index in [1.165, 1.54) is 12.3 Å². The molecule has 2 aromatic heterocycles. The molecule has 0 N–H and O–H groups in total. The van der Waals surface area contributed by atoms with Crippen molar-refractivity contribution in [1.29, 1.82) is 0 Å². The van der Waals surface area contributed by atoms with Gasteiger partial charge in [0.2, 0.25) is 5.88 Å². The Balaban J connectivity index is 2.00. The van der Waals surface area contributed by atoms with Gasteiger partial charge in [0.05, 0.1) is 24.0 Å². The topological polar surface area (TPSA) is 39.9 Å². The van der Waals surface area contributed by atoms with Gasteiger partial charge in [0.15, 0.2) is 0 Å². The van der Waals surface area contributed by atoms with E-state index in [1.54, 1.807) is 6.07 Å². The summed E-state index contributed by atoms with van der Waals surface area (Å²) in [6.45, 7) is 4.15. The van der Waals surface area contributed by atoms with E-state index >= 15 is 0 Å². The minimum absolute atomic E-state index is 0.193. The second-order valence-corrected chi connectivity index (χ2v) is 4.69. The molecule has 0 fully saturated rings. The van der Waals surface area contributed by atoms with E-state index in [9.17, 15) is 4.39 Å². The largest absolute Gasteiger partial charge is 0.475 e. The molecule has 0 amide bonds. The highest BCUT2D eigenvalue weighted by molar-refractivity contribution is 5.55. The highest BCUT2D eigenvalue weighted by Gasteiger charge is 2.24. The summed E-state index contributed by atoms with van der Waals surface area (Å²) in [6.07, 6.45) is 2.32. The fourth-order valence-electron chi connectivity index (χ4n) is 2.27. The lowest BCUT2D eigenvalue weighted by atomic mass is 10.1. The zero-order valence-corrected chi connectivity index (χ0v) is 10.3. The van der Waals surface area contributed by atoms with Gasteiger partial charge in [0.1, 0.15) is 11.5 Å². The first-order valence-electron chi connectivity index (χ1n) is 6.01. The summed E-state index contributed by atoms with van der Waals surface area (Å²) in [6, 6.07) is 5.16. The van der Waals surface area contributed by atoms with Crippen LogP contribution in [0.3, 0.4) is 0 Å². The van der Waals surface area contributed by atoms with Crippen LogP contribution in [0.1, 0.15) is 26.3 Å². The first kappa shape index (κ1) is 11.2. The normalized spacial score (nSPS) is 22.4.